The highest BCUT2D eigenvalue weighted by molar-refractivity contribution is 7.13. The number of aryl methyl sites for hydroxylation is 2. The quantitative estimate of drug-likeness (QED) is 0.654. The molecule has 3 nitrogen and oxygen atoms in total. The largest absolute Gasteiger partial charge is 0.312 e. The molecule has 3 atom stereocenters. The lowest BCUT2D eigenvalue weighted by Crippen LogP contribution is -2.44. The fourth-order valence-electron chi connectivity index (χ4n) is 3.55. The minimum absolute atomic E-state index is 0.220. The van der Waals surface area contributed by atoms with E-state index in [9.17, 15) is 4.79 Å². The normalized spacial score (nSPS) is 27.9. The summed E-state index contributed by atoms with van der Waals surface area (Å²) in [5, 5.41) is 0. The van der Waals surface area contributed by atoms with Crippen LogP contribution in [0.1, 0.15) is 29.2 Å². The van der Waals surface area contributed by atoms with Crippen LogP contribution in [0, 0.1) is 19.8 Å². The zero-order valence-electron chi connectivity index (χ0n) is 10.4. The van der Waals surface area contributed by atoms with Crippen LogP contribution in [0.25, 0.3) is 0 Å². The smallest absolute Gasteiger partial charge is 0.253 e. The third-order valence-electron chi connectivity index (χ3n) is 4.10. The number of piperidine rings is 1. The van der Waals surface area contributed by atoms with E-state index < -0.39 is 0 Å². The summed E-state index contributed by atoms with van der Waals surface area (Å²) >= 11 is 0. The molecule has 2 bridgehead atoms. The van der Waals surface area contributed by atoms with Gasteiger partial charge in [-0.3, -0.25) is 9.46 Å². The van der Waals surface area contributed by atoms with Crippen LogP contribution in [0.5, 0.6) is 0 Å². The Morgan fingerprint density at radius 2 is 2.00 bits per heavy atom. The predicted molar refractivity (Wildman–Crippen MR) is 72.3 cm³/mol. The van der Waals surface area contributed by atoms with Crippen LogP contribution in [0.15, 0.2) is 10.9 Å². The second-order valence-electron chi connectivity index (χ2n) is 5.56. The highest BCUT2D eigenvalue weighted by atomic mass is 31.0. The molecule has 1 saturated heterocycles. The minimum atomic E-state index is 0.220. The van der Waals surface area contributed by atoms with E-state index in [-0.39, 0.29) is 5.56 Å². The minimum Gasteiger partial charge on any atom is -0.312 e. The van der Waals surface area contributed by atoms with E-state index in [1.54, 1.807) is 0 Å². The Hall–Kier alpha value is -0.660. The lowest BCUT2D eigenvalue weighted by atomic mass is 9.82. The second kappa shape index (κ2) is 3.93. The van der Waals surface area contributed by atoms with Crippen LogP contribution in [0.2, 0.25) is 0 Å². The first-order valence-electron chi connectivity index (χ1n) is 6.27. The molecule has 2 aliphatic rings. The van der Waals surface area contributed by atoms with E-state index in [2.05, 4.69) is 27.1 Å². The van der Waals surface area contributed by atoms with E-state index in [0.717, 1.165) is 25.2 Å². The number of hydrogen-bond acceptors (Lipinski definition) is 2. The van der Waals surface area contributed by atoms with Gasteiger partial charge in [-0.2, -0.15) is 0 Å². The zero-order chi connectivity index (χ0) is 12.2. The topological polar surface area (TPSA) is 25.2 Å². The van der Waals surface area contributed by atoms with Gasteiger partial charge in [-0.15, -0.1) is 0 Å². The van der Waals surface area contributed by atoms with Gasteiger partial charge in [-0.05, 0) is 37.8 Å². The molecule has 0 spiro atoms. The molecule has 0 saturated carbocycles. The van der Waals surface area contributed by atoms with Gasteiger partial charge in [0, 0.05) is 36.8 Å². The second-order valence-corrected chi connectivity index (χ2v) is 6.29. The van der Waals surface area contributed by atoms with Crippen molar-refractivity contribution in [3.63, 3.8) is 0 Å². The van der Waals surface area contributed by atoms with E-state index in [1.807, 2.05) is 11.5 Å². The molecular weight excluding hydrogens is 231 g/mol. The summed E-state index contributed by atoms with van der Waals surface area (Å²) in [7, 11) is 2.82. The fraction of sp³-hybridized carbons (Fsp3) is 0.615. The molecular formula is C13H19N2OP. The highest BCUT2D eigenvalue weighted by Crippen LogP contribution is 2.37. The van der Waals surface area contributed by atoms with Crippen molar-refractivity contribution in [1.82, 2.24) is 9.24 Å². The molecule has 1 unspecified atom stereocenters. The van der Waals surface area contributed by atoms with Crippen molar-refractivity contribution < 1.29 is 0 Å². The molecule has 2 aliphatic heterocycles. The van der Waals surface area contributed by atoms with E-state index in [0.29, 0.717) is 11.8 Å². The molecule has 92 valence electrons. The van der Waals surface area contributed by atoms with Crippen LogP contribution < -0.4 is 5.56 Å². The first kappa shape index (κ1) is 11.4. The number of aromatic nitrogens is 1. The van der Waals surface area contributed by atoms with E-state index in [1.165, 1.54) is 17.7 Å². The molecule has 3 rings (SSSR count). The molecule has 1 aromatic heterocycles. The monoisotopic (exact) mass is 250 g/mol. The van der Waals surface area contributed by atoms with Crippen molar-refractivity contribution in [2.45, 2.75) is 32.7 Å². The molecule has 17 heavy (non-hydrogen) atoms. The molecule has 4 heteroatoms. The predicted octanol–water partition coefficient (Wildman–Crippen LogP) is 1.67. The molecule has 1 aromatic rings. The first-order chi connectivity index (χ1) is 8.06. The fourth-order valence-corrected chi connectivity index (χ4v) is 4.10. The van der Waals surface area contributed by atoms with Crippen LogP contribution in [0.4, 0.5) is 0 Å². The van der Waals surface area contributed by atoms with Gasteiger partial charge in [0.15, 0.2) is 0 Å². The summed E-state index contributed by atoms with van der Waals surface area (Å²) < 4.78 is 4.37. The third kappa shape index (κ3) is 1.76. The molecule has 0 aromatic carbocycles. The highest BCUT2D eigenvalue weighted by Gasteiger charge is 2.34. The van der Waals surface area contributed by atoms with Gasteiger partial charge < -0.3 is 4.57 Å². The Balaban J connectivity index is 2.18. The van der Waals surface area contributed by atoms with Crippen LogP contribution >= 0.6 is 9.39 Å². The summed E-state index contributed by atoms with van der Waals surface area (Å²) in [6, 6.07) is 2.05. The molecule has 0 aliphatic carbocycles. The van der Waals surface area contributed by atoms with Crippen molar-refractivity contribution in [2.75, 3.05) is 13.1 Å². The average molecular weight is 250 g/mol. The Morgan fingerprint density at radius 3 is 2.76 bits per heavy atom. The summed E-state index contributed by atoms with van der Waals surface area (Å²) in [4.78, 5) is 12.2. The maximum Gasteiger partial charge on any atom is 0.253 e. The van der Waals surface area contributed by atoms with Crippen LogP contribution in [-0.4, -0.2) is 22.3 Å². The lowest BCUT2D eigenvalue weighted by Gasteiger charge is -2.42. The van der Waals surface area contributed by atoms with Gasteiger partial charge in [-0.25, -0.2) is 0 Å². The lowest BCUT2D eigenvalue weighted by molar-refractivity contribution is 0.195. The van der Waals surface area contributed by atoms with Gasteiger partial charge >= 0.3 is 0 Å². The average Bonchev–Trinajstić information content (AvgIpc) is 2.24. The number of hydrogen-bond donors (Lipinski definition) is 0. The number of rotatable bonds is 0. The van der Waals surface area contributed by atoms with Gasteiger partial charge in [0.25, 0.3) is 5.56 Å². The Labute approximate surface area is 104 Å². The number of fused-ring (bicyclic) bond motifs is 4. The molecule has 0 amide bonds. The van der Waals surface area contributed by atoms with Crippen LogP contribution in [0.3, 0.4) is 0 Å². The Morgan fingerprint density at radius 1 is 1.24 bits per heavy atom. The first-order valence-corrected chi connectivity index (χ1v) is 6.78. The Kier molecular flexibility index (Phi) is 2.64. The van der Waals surface area contributed by atoms with Gasteiger partial charge in [0.2, 0.25) is 0 Å². The summed E-state index contributed by atoms with van der Waals surface area (Å²) in [6.45, 7) is 7.12. The molecule has 3 heterocycles. The molecule has 1 fully saturated rings. The maximum absolute atomic E-state index is 12.2. The van der Waals surface area contributed by atoms with Crippen molar-refractivity contribution >= 4 is 9.39 Å². The van der Waals surface area contributed by atoms with Crippen molar-refractivity contribution in [3.8, 4) is 0 Å². The standard InChI is InChI=1S/C13H19N2OP/c1-8-3-9(2)13(16)15-6-10-4-11(12(8)15)7-14(17)5-10/h3,10-11H,4-7,17H2,1-2H3/t10-,11-/m1/s1. The summed E-state index contributed by atoms with van der Waals surface area (Å²) in [5.41, 5.74) is 3.67. The van der Waals surface area contributed by atoms with Gasteiger partial charge in [-0.1, -0.05) is 9.39 Å². The summed E-state index contributed by atoms with van der Waals surface area (Å²) in [5.74, 6) is 1.17. The van der Waals surface area contributed by atoms with Gasteiger partial charge in [0.05, 0.1) is 0 Å². The van der Waals surface area contributed by atoms with Crippen LogP contribution in [-0.2, 0) is 6.54 Å². The molecule has 0 N–H and O–H groups in total. The zero-order valence-corrected chi connectivity index (χ0v) is 11.6. The molecule has 0 radical (unpaired) electrons. The summed E-state index contributed by atoms with van der Waals surface area (Å²) in [6.07, 6.45) is 1.24. The van der Waals surface area contributed by atoms with Crippen molar-refractivity contribution in [1.29, 1.82) is 0 Å². The van der Waals surface area contributed by atoms with E-state index >= 15 is 0 Å². The van der Waals surface area contributed by atoms with Gasteiger partial charge in [0.1, 0.15) is 0 Å². The van der Waals surface area contributed by atoms with Crippen molar-refractivity contribution in [3.05, 3.63) is 33.2 Å². The third-order valence-corrected chi connectivity index (χ3v) is 4.52. The van der Waals surface area contributed by atoms with E-state index in [4.69, 9.17) is 0 Å². The van der Waals surface area contributed by atoms with Crippen molar-refractivity contribution in [2.24, 2.45) is 5.92 Å². The SMILES string of the molecule is Cc1cc(C)c(=O)n2c1[C@@H]1C[C@H](CN(P)C1)C2. The number of nitrogens with zero attached hydrogens (tertiary/aromatic N) is 2. The number of pyridine rings is 1. The maximum atomic E-state index is 12.2. The Bertz CT molecular complexity index is 523.